The number of carbonyl (C=O) groups excluding carboxylic acids is 2. The summed E-state index contributed by atoms with van der Waals surface area (Å²) >= 11 is 0. The van der Waals surface area contributed by atoms with E-state index < -0.39 is 0 Å². The van der Waals surface area contributed by atoms with Crippen molar-refractivity contribution >= 4 is 12.0 Å². The van der Waals surface area contributed by atoms with Crippen LogP contribution < -0.4 is 5.32 Å². The molecule has 26 heavy (non-hydrogen) atoms. The molecule has 1 aromatic carbocycles. The summed E-state index contributed by atoms with van der Waals surface area (Å²) in [6.45, 7) is 3.91. The molecule has 0 aliphatic carbocycles. The zero-order chi connectivity index (χ0) is 18.4. The minimum atomic E-state index is -0.282. The summed E-state index contributed by atoms with van der Waals surface area (Å²) in [7, 11) is 0. The van der Waals surface area contributed by atoms with Gasteiger partial charge in [0.2, 0.25) is 0 Å². The summed E-state index contributed by atoms with van der Waals surface area (Å²) in [6, 6.07) is 7.43. The third kappa shape index (κ3) is 4.56. The average molecular weight is 358 g/mol. The van der Waals surface area contributed by atoms with Gasteiger partial charge in [-0.1, -0.05) is 12.1 Å². The Morgan fingerprint density at radius 1 is 1.23 bits per heavy atom. The number of hydrogen-bond donors (Lipinski definition) is 1. The topological polar surface area (TPSA) is 102 Å². The molecule has 1 N–H and O–H groups in total. The van der Waals surface area contributed by atoms with Crippen molar-refractivity contribution in [2.75, 3.05) is 19.7 Å². The molecule has 2 heterocycles. The second-order valence-electron chi connectivity index (χ2n) is 6.14. The van der Waals surface area contributed by atoms with Gasteiger partial charge in [0, 0.05) is 24.7 Å². The zero-order valence-electron chi connectivity index (χ0n) is 14.7. The van der Waals surface area contributed by atoms with Crippen molar-refractivity contribution in [1.82, 2.24) is 30.4 Å². The fraction of sp³-hybridized carbons (Fsp3) is 0.471. The smallest absolute Gasteiger partial charge is 0.409 e. The van der Waals surface area contributed by atoms with E-state index >= 15 is 0 Å². The highest BCUT2D eigenvalue weighted by atomic mass is 16.6. The number of amides is 2. The van der Waals surface area contributed by atoms with Gasteiger partial charge in [-0.3, -0.25) is 4.79 Å². The summed E-state index contributed by atoms with van der Waals surface area (Å²) < 4.78 is 6.62. The van der Waals surface area contributed by atoms with Crippen molar-refractivity contribution in [1.29, 1.82) is 0 Å². The van der Waals surface area contributed by atoms with E-state index in [0.717, 1.165) is 18.4 Å². The van der Waals surface area contributed by atoms with Gasteiger partial charge in [0.25, 0.3) is 5.91 Å². The molecule has 0 unspecified atom stereocenters. The summed E-state index contributed by atoms with van der Waals surface area (Å²) in [4.78, 5) is 25.8. The first-order valence-electron chi connectivity index (χ1n) is 8.68. The number of carbonyl (C=O) groups is 2. The monoisotopic (exact) mass is 358 g/mol. The Labute approximate surface area is 151 Å². The lowest BCUT2D eigenvalue weighted by molar-refractivity contribution is 0.0860. The molecule has 1 aliphatic rings. The van der Waals surface area contributed by atoms with Gasteiger partial charge in [-0.15, -0.1) is 5.10 Å². The van der Waals surface area contributed by atoms with E-state index in [1.165, 1.54) is 0 Å². The summed E-state index contributed by atoms with van der Waals surface area (Å²) in [5.41, 5.74) is 1.62. The van der Waals surface area contributed by atoms with Crippen LogP contribution in [0, 0.1) is 0 Å². The molecule has 3 rings (SSSR count). The minimum Gasteiger partial charge on any atom is -0.450 e. The first-order chi connectivity index (χ1) is 12.7. The van der Waals surface area contributed by atoms with Crippen LogP contribution in [0.15, 0.2) is 30.6 Å². The van der Waals surface area contributed by atoms with Crippen LogP contribution in [-0.2, 0) is 11.3 Å². The average Bonchev–Trinajstić information content (AvgIpc) is 3.16. The number of tetrazole rings is 1. The van der Waals surface area contributed by atoms with E-state index in [2.05, 4.69) is 20.8 Å². The number of hydrogen-bond acceptors (Lipinski definition) is 6. The maximum atomic E-state index is 12.4. The van der Waals surface area contributed by atoms with Crippen molar-refractivity contribution in [3.05, 3.63) is 41.7 Å². The van der Waals surface area contributed by atoms with Gasteiger partial charge in [0.05, 0.1) is 13.2 Å². The Balaban J connectivity index is 1.48. The summed E-state index contributed by atoms with van der Waals surface area (Å²) in [6.07, 6.45) is 2.71. The molecular weight excluding hydrogens is 336 g/mol. The van der Waals surface area contributed by atoms with Crippen molar-refractivity contribution in [3.63, 3.8) is 0 Å². The maximum Gasteiger partial charge on any atom is 0.409 e. The van der Waals surface area contributed by atoms with Gasteiger partial charge >= 0.3 is 6.09 Å². The molecule has 1 aliphatic heterocycles. The number of benzene rings is 1. The molecule has 1 fully saturated rings. The predicted molar refractivity (Wildman–Crippen MR) is 92.4 cm³/mol. The van der Waals surface area contributed by atoms with Crippen LogP contribution in [0.3, 0.4) is 0 Å². The molecule has 0 bridgehead atoms. The molecule has 1 saturated heterocycles. The quantitative estimate of drug-likeness (QED) is 0.858. The van der Waals surface area contributed by atoms with Crippen LogP contribution in [0.5, 0.6) is 0 Å². The lowest BCUT2D eigenvalue weighted by Crippen LogP contribution is -2.46. The molecular formula is C17H22N6O3. The van der Waals surface area contributed by atoms with Crippen LogP contribution in [0.1, 0.15) is 35.7 Å². The highest BCUT2D eigenvalue weighted by Gasteiger charge is 2.24. The van der Waals surface area contributed by atoms with E-state index in [1.807, 2.05) is 12.1 Å². The highest BCUT2D eigenvalue weighted by Crippen LogP contribution is 2.13. The van der Waals surface area contributed by atoms with Crippen molar-refractivity contribution in [2.24, 2.45) is 0 Å². The number of rotatable bonds is 5. The number of piperidine rings is 1. The minimum absolute atomic E-state index is 0.0640. The molecule has 0 atom stereocenters. The fourth-order valence-electron chi connectivity index (χ4n) is 2.89. The van der Waals surface area contributed by atoms with E-state index in [0.29, 0.717) is 31.8 Å². The first kappa shape index (κ1) is 17.8. The Kier molecular flexibility index (Phi) is 5.77. The van der Waals surface area contributed by atoms with Gasteiger partial charge in [0.1, 0.15) is 6.33 Å². The Hall–Kier alpha value is -2.97. The molecule has 138 valence electrons. The second-order valence-corrected chi connectivity index (χ2v) is 6.14. The molecule has 1 aromatic heterocycles. The Morgan fingerprint density at radius 3 is 2.58 bits per heavy atom. The molecule has 0 radical (unpaired) electrons. The van der Waals surface area contributed by atoms with Gasteiger partial charge in [-0.2, -0.15) is 0 Å². The predicted octanol–water partition coefficient (Wildman–Crippen LogP) is 1.07. The van der Waals surface area contributed by atoms with Crippen molar-refractivity contribution < 1.29 is 14.3 Å². The number of likely N-dealkylation sites (tertiary alicyclic amines) is 1. The Bertz CT molecular complexity index is 723. The fourth-order valence-corrected chi connectivity index (χ4v) is 2.89. The van der Waals surface area contributed by atoms with E-state index in [4.69, 9.17) is 4.74 Å². The standard InChI is InChI=1S/C17H22N6O3/c1-2-26-17(25)22-9-7-15(8-10-22)19-16(24)14-5-3-13(4-6-14)11-23-12-18-20-21-23/h3-6,12,15H,2,7-11H2,1H3,(H,19,24). The van der Waals surface area contributed by atoms with E-state index in [-0.39, 0.29) is 18.0 Å². The molecule has 0 spiro atoms. The largest absolute Gasteiger partial charge is 0.450 e. The van der Waals surface area contributed by atoms with Gasteiger partial charge in [0.15, 0.2) is 0 Å². The third-order valence-corrected chi connectivity index (χ3v) is 4.31. The van der Waals surface area contributed by atoms with Crippen molar-refractivity contribution in [2.45, 2.75) is 32.4 Å². The molecule has 9 heteroatoms. The van der Waals surface area contributed by atoms with Crippen LogP contribution in [0.25, 0.3) is 0 Å². The van der Waals surface area contributed by atoms with E-state index in [9.17, 15) is 9.59 Å². The molecule has 9 nitrogen and oxygen atoms in total. The van der Waals surface area contributed by atoms with Crippen LogP contribution in [0.4, 0.5) is 4.79 Å². The molecule has 2 aromatic rings. The zero-order valence-corrected chi connectivity index (χ0v) is 14.7. The number of nitrogens with zero attached hydrogens (tertiary/aromatic N) is 5. The van der Waals surface area contributed by atoms with Gasteiger partial charge < -0.3 is 15.0 Å². The van der Waals surface area contributed by atoms with Crippen LogP contribution in [-0.4, -0.2) is 62.8 Å². The number of aromatic nitrogens is 4. The number of ether oxygens (including phenoxy) is 1. The lowest BCUT2D eigenvalue weighted by atomic mass is 10.0. The second kappa shape index (κ2) is 8.41. The Morgan fingerprint density at radius 2 is 1.96 bits per heavy atom. The SMILES string of the molecule is CCOC(=O)N1CCC(NC(=O)c2ccc(Cn3cnnn3)cc2)CC1. The van der Waals surface area contributed by atoms with Gasteiger partial charge in [-0.05, 0) is 47.9 Å². The van der Waals surface area contributed by atoms with Crippen molar-refractivity contribution in [3.8, 4) is 0 Å². The summed E-state index contributed by atoms with van der Waals surface area (Å²) in [5.74, 6) is -0.103. The summed E-state index contributed by atoms with van der Waals surface area (Å²) in [5, 5.41) is 14.0. The van der Waals surface area contributed by atoms with Crippen LogP contribution >= 0.6 is 0 Å². The number of nitrogens with one attached hydrogen (secondary N) is 1. The van der Waals surface area contributed by atoms with E-state index in [1.54, 1.807) is 35.0 Å². The highest BCUT2D eigenvalue weighted by molar-refractivity contribution is 5.94. The van der Waals surface area contributed by atoms with Crippen LogP contribution in [0.2, 0.25) is 0 Å². The lowest BCUT2D eigenvalue weighted by Gasteiger charge is -2.31. The maximum absolute atomic E-state index is 12.4. The normalized spacial score (nSPS) is 14.9. The van der Waals surface area contributed by atoms with Gasteiger partial charge in [-0.25, -0.2) is 9.48 Å². The molecule has 2 amide bonds. The first-order valence-corrected chi connectivity index (χ1v) is 8.68. The third-order valence-electron chi connectivity index (χ3n) is 4.31. The molecule has 0 saturated carbocycles.